The van der Waals surface area contributed by atoms with Crippen molar-refractivity contribution < 1.29 is 0 Å². The van der Waals surface area contributed by atoms with Crippen LogP contribution in [0.15, 0.2) is 0 Å². The predicted octanol–water partition coefficient (Wildman–Crippen LogP) is 1.03. The van der Waals surface area contributed by atoms with E-state index in [1.54, 1.807) is 0 Å². The van der Waals surface area contributed by atoms with E-state index in [0.29, 0.717) is 0 Å². The zero-order chi connectivity index (χ0) is 9.00. The number of hydrogen-bond donors (Lipinski definition) is 0. The highest BCUT2D eigenvalue weighted by atomic mass is 15.3. The standard InChI is InChI=1S/C11H20N2/c1-8-3-10-4-9(8)5-13(10)11-6-12(2)7-11/h8-11H,3-7H2,1-2H3. The van der Waals surface area contributed by atoms with Gasteiger partial charge in [0.15, 0.2) is 0 Å². The molecule has 2 saturated heterocycles. The van der Waals surface area contributed by atoms with Gasteiger partial charge in [-0.05, 0) is 31.7 Å². The summed E-state index contributed by atoms with van der Waals surface area (Å²) in [5.41, 5.74) is 0. The van der Waals surface area contributed by atoms with Crippen LogP contribution in [0.4, 0.5) is 0 Å². The van der Waals surface area contributed by atoms with Crippen molar-refractivity contribution in [2.45, 2.75) is 31.8 Å². The maximum absolute atomic E-state index is 2.80. The molecule has 3 atom stereocenters. The molecule has 2 bridgehead atoms. The van der Waals surface area contributed by atoms with Gasteiger partial charge in [0.25, 0.3) is 0 Å². The molecule has 3 rings (SSSR count). The summed E-state index contributed by atoms with van der Waals surface area (Å²) in [6.45, 7) is 6.48. The first-order chi connectivity index (χ1) is 6.24. The molecule has 1 saturated carbocycles. The van der Waals surface area contributed by atoms with Crippen molar-refractivity contribution in [1.29, 1.82) is 0 Å². The lowest BCUT2D eigenvalue weighted by Gasteiger charge is -2.46. The molecule has 3 aliphatic rings. The molecule has 0 amide bonds. The smallest absolute Gasteiger partial charge is 0.0353 e. The van der Waals surface area contributed by atoms with Crippen molar-refractivity contribution in [3.63, 3.8) is 0 Å². The summed E-state index contributed by atoms with van der Waals surface area (Å²) in [6.07, 6.45) is 2.98. The number of piperidine rings is 1. The Morgan fingerprint density at radius 2 is 1.77 bits per heavy atom. The molecule has 2 heteroatoms. The molecule has 2 heterocycles. The highest BCUT2D eigenvalue weighted by Crippen LogP contribution is 2.43. The summed E-state index contributed by atoms with van der Waals surface area (Å²) < 4.78 is 0. The third kappa shape index (κ3) is 1.15. The maximum atomic E-state index is 2.80. The van der Waals surface area contributed by atoms with Crippen LogP contribution in [0.3, 0.4) is 0 Å². The van der Waals surface area contributed by atoms with Crippen LogP contribution in [0.1, 0.15) is 19.8 Å². The molecule has 0 spiro atoms. The van der Waals surface area contributed by atoms with Gasteiger partial charge in [-0.2, -0.15) is 0 Å². The van der Waals surface area contributed by atoms with E-state index in [2.05, 4.69) is 23.8 Å². The van der Waals surface area contributed by atoms with E-state index in [1.807, 2.05) is 0 Å². The number of nitrogens with zero attached hydrogens (tertiary/aromatic N) is 2. The third-order valence-corrected chi connectivity index (χ3v) is 4.45. The Hall–Kier alpha value is -0.0800. The van der Waals surface area contributed by atoms with Crippen LogP contribution in [0.5, 0.6) is 0 Å². The van der Waals surface area contributed by atoms with Gasteiger partial charge in [0, 0.05) is 31.7 Å². The molecule has 2 nitrogen and oxygen atoms in total. The summed E-state index contributed by atoms with van der Waals surface area (Å²) in [7, 11) is 2.23. The fourth-order valence-corrected chi connectivity index (χ4v) is 3.57. The van der Waals surface area contributed by atoms with E-state index in [0.717, 1.165) is 23.9 Å². The molecule has 2 aliphatic heterocycles. The van der Waals surface area contributed by atoms with Crippen molar-refractivity contribution in [2.75, 3.05) is 26.7 Å². The summed E-state index contributed by atoms with van der Waals surface area (Å²) in [5, 5.41) is 0. The molecule has 0 aromatic carbocycles. The molecule has 74 valence electrons. The fraction of sp³-hybridized carbons (Fsp3) is 1.00. The lowest BCUT2D eigenvalue weighted by Crippen LogP contribution is -2.59. The van der Waals surface area contributed by atoms with Crippen LogP contribution in [-0.2, 0) is 0 Å². The topological polar surface area (TPSA) is 6.48 Å². The first kappa shape index (κ1) is 8.25. The highest BCUT2D eigenvalue weighted by Gasteiger charge is 2.46. The summed E-state index contributed by atoms with van der Waals surface area (Å²) >= 11 is 0. The average molecular weight is 180 g/mol. The Bertz CT molecular complexity index is 208. The minimum absolute atomic E-state index is 0.910. The van der Waals surface area contributed by atoms with Gasteiger partial charge in [0.1, 0.15) is 0 Å². The molecule has 0 aromatic heterocycles. The summed E-state index contributed by atoms with van der Waals surface area (Å²) in [4.78, 5) is 5.23. The van der Waals surface area contributed by atoms with Crippen molar-refractivity contribution >= 4 is 0 Å². The van der Waals surface area contributed by atoms with E-state index >= 15 is 0 Å². The van der Waals surface area contributed by atoms with Gasteiger partial charge in [-0.3, -0.25) is 4.90 Å². The van der Waals surface area contributed by atoms with Crippen LogP contribution < -0.4 is 0 Å². The van der Waals surface area contributed by atoms with Crippen LogP contribution >= 0.6 is 0 Å². The summed E-state index contributed by atoms with van der Waals surface area (Å²) in [5.74, 6) is 2.05. The zero-order valence-electron chi connectivity index (χ0n) is 8.74. The monoisotopic (exact) mass is 180 g/mol. The highest BCUT2D eigenvalue weighted by molar-refractivity contribution is 5.01. The van der Waals surface area contributed by atoms with Crippen LogP contribution in [0.2, 0.25) is 0 Å². The van der Waals surface area contributed by atoms with Crippen molar-refractivity contribution in [3.05, 3.63) is 0 Å². The van der Waals surface area contributed by atoms with Crippen LogP contribution in [-0.4, -0.2) is 48.6 Å². The SMILES string of the molecule is CC1CC2CC1CN2C1CN(C)C1. The maximum Gasteiger partial charge on any atom is 0.0353 e. The molecule has 0 N–H and O–H groups in total. The largest absolute Gasteiger partial charge is 0.303 e. The first-order valence-electron chi connectivity index (χ1n) is 5.68. The van der Waals surface area contributed by atoms with Gasteiger partial charge in [-0.25, -0.2) is 0 Å². The number of fused-ring (bicyclic) bond motifs is 2. The van der Waals surface area contributed by atoms with Crippen molar-refractivity contribution in [3.8, 4) is 0 Å². The van der Waals surface area contributed by atoms with Crippen molar-refractivity contribution in [2.24, 2.45) is 11.8 Å². The van der Waals surface area contributed by atoms with E-state index in [1.165, 1.54) is 32.5 Å². The quantitative estimate of drug-likeness (QED) is 0.595. The van der Waals surface area contributed by atoms with E-state index in [4.69, 9.17) is 0 Å². The van der Waals surface area contributed by atoms with Gasteiger partial charge in [-0.15, -0.1) is 0 Å². The second-order valence-electron chi connectivity index (χ2n) is 5.43. The van der Waals surface area contributed by atoms with Gasteiger partial charge >= 0.3 is 0 Å². The zero-order valence-corrected chi connectivity index (χ0v) is 8.74. The molecular weight excluding hydrogens is 160 g/mol. The molecule has 0 aromatic rings. The Labute approximate surface area is 80.9 Å². The molecular formula is C11H20N2. The Balaban J connectivity index is 1.64. The minimum atomic E-state index is 0.910. The van der Waals surface area contributed by atoms with Gasteiger partial charge in [0.2, 0.25) is 0 Å². The number of likely N-dealkylation sites (N-methyl/N-ethyl adjacent to an activating group) is 1. The normalized spacial score (nSPS) is 47.1. The number of rotatable bonds is 1. The lowest BCUT2D eigenvalue weighted by atomic mass is 9.95. The molecule has 13 heavy (non-hydrogen) atoms. The molecule has 3 fully saturated rings. The Morgan fingerprint density at radius 1 is 1.00 bits per heavy atom. The van der Waals surface area contributed by atoms with Crippen molar-refractivity contribution in [1.82, 2.24) is 9.80 Å². The van der Waals surface area contributed by atoms with Crippen LogP contribution in [0, 0.1) is 11.8 Å². The Morgan fingerprint density at radius 3 is 2.23 bits per heavy atom. The second-order valence-corrected chi connectivity index (χ2v) is 5.43. The third-order valence-electron chi connectivity index (χ3n) is 4.45. The molecule has 0 radical (unpaired) electrons. The lowest BCUT2D eigenvalue weighted by molar-refractivity contribution is 0.0243. The second kappa shape index (κ2) is 2.71. The van der Waals surface area contributed by atoms with Gasteiger partial charge in [0.05, 0.1) is 0 Å². The number of hydrogen-bond acceptors (Lipinski definition) is 2. The van der Waals surface area contributed by atoms with Gasteiger partial charge in [-0.1, -0.05) is 6.92 Å². The minimum Gasteiger partial charge on any atom is -0.303 e. The first-order valence-corrected chi connectivity index (χ1v) is 5.68. The van der Waals surface area contributed by atoms with E-state index in [9.17, 15) is 0 Å². The number of likely N-dealkylation sites (tertiary alicyclic amines) is 2. The predicted molar refractivity (Wildman–Crippen MR) is 53.7 cm³/mol. The van der Waals surface area contributed by atoms with Crippen LogP contribution in [0.25, 0.3) is 0 Å². The van der Waals surface area contributed by atoms with Gasteiger partial charge < -0.3 is 4.90 Å². The summed E-state index contributed by atoms with van der Waals surface area (Å²) in [6, 6.07) is 1.87. The molecule has 3 unspecified atom stereocenters. The molecule has 1 aliphatic carbocycles. The Kier molecular flexibility index (Phi) is 1.72. The average Bonchev–Trinajstić information content (AvgIpc) is 2.56. The fourth-order valence-electron chi connectivity index (χ4n) is 3.57. The van der Waals surface area contributed by atoms with E-state index < -0.39 is 0 Å². The van der Waals surface area contributed by atoms with E-state index in [-0.39, 0.29) is 0 Å².